The minimum atomic E-state index is -1.20. The summed E-state index contributed by atoms with van der Waals surface area (Å²) in [6.45, 7) is 0.401. The van der Waals surface area contributed by atoms with Crippen molar-refractivity contribution in [2.45, 2.75) is 12.0 Å². The standard InChI is InChI=1S/C17H16FN3O3/c18-12-6-4-11(5-7-12)13-2-1-3-14(20-13)15(22)21-17(16(19)23)8-9-24-10-17/h1-7H,8-10H2,(H2,19,23)(H,21,22). The molecule has 1 fully saturated rings. The average Bonchev–Trinajstić information content (AvgIpc) is 3.05. The van der Waals surface area contributed by atoms with E-state index in [9.17, 15) is 14.0 Å². The number of carbonyl (C=O) groups excluding carboxylic acids is 2. The third kappa shape index (κ3) is 3.11. The first-order valence-electron chi connectivity index (χ1n) is 7.43. The van der Waals surface area contributed by atoms with Gasteiger partial charge in [0.05, 0.1) is 12.3 Å². The van der Waals surface area contributed by atoms with E-state index in [4.69, 9.17) is 10.5 Å². The van der Waals surface area contributed by atoms with Crippen LogP contribution in [0.5, 0.6) is 0 Å². The van der Waals surface area contributed by atoms with E-state index < -0.39 is 17.4 Å². The molecule has 0 saturated carbocycles. The molecule has 2 heterocycles. The van der Waals surface area contributed by atoms with Crippen molar-refractivity contribution in [3.05, 3.63) is 54.0 Å². The molecule has 1 atom stereocenters. The molecule has 1 aromatic carbocycles. The molecule has 6 nitrogen and oxygen atoms in total. The molecule has 3 N–H and O–H groups in total. The summed E-state index contributed by atoms with van der Waals surface area (Å²) in [6, 6.07) is 10.7. The second-order valence-corrected chi connectivity index (χ2v) is 5.62. The maximum Gasteiger partial charge on any atom is 0.270 e. The molecule has 1 saturated heterocycles. The molecule has 3 rings (SSSR count). The summed E-state index contributed by atoms with van der Waals surface area (Å²) in [5.41, 5.74) is 5.55. The highest BCUT2D eigenvalue weighted by molar-refractivity contribution is 5.98. The molecule has 0 bridgehead atoms. The summed E-state index contributed by atoms with van der Waals surface area (Å²) >= 11 is 0. The van der Waals surface area contributed by atoms with Crippen molar-refractivity contribution in [2.75, 3.05) is 13.2 Å². The lowest BCUT2D eigenvalue weighted by molar-refractivity contribution is -0.124. The van der Waals surface area contributed by atoms with E-state index in [0.29, 0.717) is 24.3 Å². The van der Waals surface area contributed by atoms with E-state index >= 15 is 0 Å². The number of hydrogen-bond acceptors (Lipinski definition) is 4. The number of nitrogens with two attached hydrogens (primary N) is 1. The zero-order chi connectivity index (χ0) is 17.2. The van der Waals surface area contributed by atoms with Crippen LogP contribution in [0.15, 0.2) is 42.5 Å². The molecule has 1 aliphatic heterocycles. The number of halogens is 1. The van der Waals surface area contributed by atoms with Crippen LogP contribution in [0.1, 0.15) is 16.9 Å². The summed E-state index contributed by atoms with van der Waals surface area (Å²) in [5, 5.41) is 2.63. The van der Waals surface area contributed by atoms with Crippen molar-refractivity contribution >= 4 is 11.8 Å². The fourth-order valence-corrected chi connectivity index (χ4v) is 2.54. The highest BCUT2D eigenvalue weighted by atomic mass is 19.1. The van der Waals surface area contributed by atoms with E-state index in [2.05, 4.69) is 10.3 Å². The second kappa shape index (κ2) is 6.37. The normalized spacial score (nSPS) is 19.9. The lowest BCUT2D eigenvalue weighted by Crippen LogP contribution is -2.58. The van der Waals surface area contributed by atoms with Crippen LogP contribution in [-0.2, 0) is 9.53 Å². The molecular formula is C17H16FN3O3. The van der Waals surface area contributed by atoms with Gasteiger partial charge < -0.3 is 15.8 Å². The van der Waals surface area contributed by atoms with Gasteiger partial charge in [-0.1, -0.05) is 6.07 Å². The molecule has 1 aromatic heterocycles. The number of nitrogens with one attached hydrogen (secondary N) is 1. The first kappa shape index (κ1) is 16.1. The van der Waals surface area contributed by atoms with Gasteiger partial charge in [-0.25, -0.2) is 9.37 Å². The van der Waals surface area contributed by atoms with Crippen LogP contribution >= 0.6 is 0 Å². The zero-order valence-electron chi connectivity index (χ0n) is 12.8. The summed E-state index contributed by atoms with van der Waals surface area (Å²) < 4.78 is 18.2. The van der Waals surface area contributed by atoms with E-state index in [1.54, 1.807) is 24.3 Å². The molecular weight excluding hydrogens is 313 g/mol. The quantitative estimate of drug-likeness (QED) is 0.883. The maximum absolute atomic E-state index is 13.0. The Hall–Kier alpha value is -2.80. The van der Waals surface area contributed by atoms with E-state index in [0.717, 1.165) is 0 Å². The summed E-state index contributed by atoms with van der Waals surface area (Å²) in [6.07, 6.45) is 0.325. The van der Waals surface area contributed by atoms with Crippen molar-refractivity contribution in [3.8, 4) is 11.3 Å². The molecule has 2 amide bonds. The molecule has 124 valence electrons. The summed E-state index contributed by atoms with van der Waals surface area (Å²) in [4.78, 5) is 28.4. The van der Waals surface area contributed by atoms with Gasteiger partial charge in [-0.3, -0.25) is 9.59 Å². The van der Waals surface area contributed by atoms with Gasteiger partial charge in [0.15, 0.2) is 0 Å². The minimum Gasteiger partial charge on any atom is -0.378 e. The predicted molar refractivity (Wildman–Crippen MR) is 84.5 cm³/mol. The molecule has 2 aromatic rings. The number of ether oxygens (including phenoxy) is 1. The Morgan fingerprint density at radius 1 is 1.21 bits per heavy atom. The first-order chi connectivity index (χ1) is 11.5. The monoisotopic (exact) mass is 329 g/mol. The van der Waals surface area contributed by atoms with Crippen molar-refractivity contribution in [2.24, 2.45) is 5.73 Å². The smallest absolute Gasteiger partial charge is 0.270 e. The van der Waals surface area contributed by atoms with Gasteiger partial charge in [-0.15, -0.1) is 0 Å². The van der Waals surface area contributed by atoms with Gasteiger partial charge in [0.2, 0.25) is 5.91 Å². The molecule has 0 radical (unpaired) electrons. The average molecular weight is 329 g/mol. The van der Waals surface area contributed by atoms with Crippen molar-refractivity contribution in [3.63, 3.8) is 0 Å². The van der Waals surface area contributed by atoms with Gasteiger partial charge >= 0.3 is 0 Å². The highest BCUT2D eigenvalue weighted by Gasteiger charge is 2.42. The minimum absolute atomic E-state index is 0.0473. The Labute approximate surface area is 137 Å². The fourth-order valence-electron chi connectivity index (χ4n) is 2.54. The van der Waals surface area contributed by atoms with Crippen LogP contribution in [0.25, 0.3) is 11.3 Å². The zero-order valence-corrected chi connectivity index (χ0v) is 12.8. The number of pyridine rings is 1. The molecule has 0 aliphatic carbocycles. The van der Waals surface area contributed by atoms with Gasteiger partial charge in [-0.05, 0) is 36.4 Å². The van der Waals surface area contributed by atoms with Crippen molar-refractivity contribution in [1.82, 2.24) is 10.3 Å². The Kier molecular flexibility index (Phi) is 4.26. The third-order valence-electron chi connectivity index (χ3n) is 3.97. The lowest BCUT2D eigenvalue weighted by atomic mass is 9.97. The van der Waals surface area contributed by atoms with Gasteiger partial charge in [0.25, 0.3) is 5.91 Å². The first-order valence-corrected chi connectivity index (χ1v) is 7.43. The number of benzene rings is 1. The van der Waals surface area contributed by atoms with Gasteiger partial charge in [-0.2, -0.15) is 0 Å². The fraction of sp³-hybridized carbons (Fsp3) is 0.235. The van der Waals surface area contributed by atoms with Gasteiger partial charge in [0.1, 0.15) is 17.1 Å². The Morgan fingerprint density at radius 2 is 1.96 bits per heavy atom. The number of primary amides is 1. The summed E-state index contributed by atoms with van der Waals surface area (Å²) in [5.74, 6) is -1.50. The molecule has 0 spiro atoms. The maximum atomic E-state index is 13.0. The number of rotatable bonds is 4. The number of amides is 2. The Balaban J connectivity index is 1.84. The van der Waals surface area contributed by atoms with E-state index in [-0.39, 0.29) is 18.1 Å². The van der Waals surface area contributed by atoms with Crippen molar-refractivity contribution < 1.29 is 18.7 Å². The van der Waals surface area contributed by atoms with E-state index in [1.807, 2.05) is 0 Å². The number of carbonyl (C=O) groups is 2. The second-order valence-electron chi connectivity index (χ2n) is 5.62. The Bertz CT molecular complexity index is 771. The lowest BCUT2D eigenvalue weighted by Gasteiger charge is -2.24. The van der Waals surface area contributed by atoms with Crippen LogP contribution in [0.4, 0.5) is 4.39 Å². The van der Waals surface area contributed by atoms with Gasteiger partial charge in [0, 0.05) is 18.6 Å². The molecule has 24 heavy (non-hydrogen) atoms. The topological polar surface area (TPSA) is 94.3 Å². The van der Waals surface area contributed by atoms with Crippen LogP contribution in [0.2, 0.25) is 0 Å². The van der Waals surface area contributed by atoms with Crippen LogP contribution in [-0.4, -0.2) is 35.6 Å². The van der Waals surface area contributed by atoms with Crippen LogP contribution in [0.3, 0.4) is 0 Å². The number of hydrogen-bond donors (Lipinski definition) is 2. The van der Waals surface area contributed by atoms with Crippen LogP contribution in [0, 0.1) is 5.82 Å². The third-order valence-corrected chi connectivity index (χ3v) is 3.97. The number of aromatic nitrogens is 1. The summed E-state index contributed by atoms with van der Waals surface area (Å²) in [7, 11) is 0. The predicted octanol–water partition coefficient (Wildman–Crippen LogP) is 1.26. The SMILES string of the molecule is NC(=O)C1(NC(=O)c2cccc(-c3ccc(F)cc3)n2)CCOC1. The van der Waals surface area contributed by atoms with Crippen LogP contribution < -0.4 is 11.1 Å². The van der Waals surface area contributed by atoms with E-state index in [1.165, 1.54) is 18.2 Å². The molecule has 1 unspecified atom stereocenters. The highest BCUT2D eigenvalue weighted by Crippen LogP contribution is 2.20. The largest absolute Gasteiger partial charge is 0.378 e. The van der Waals surface area contributed by atoms with Crippen molar-refractivity contribution in [1.29, 1.82) is 0 Å². The molecule has 7 heteroatoms. The molecule has 1 aliphatic rings. The number of nitrogens with zero attached hydrogens (tertiary/aromatic N) is 1. The Morgan fingerprint density at radius 3 is 2.58 bits per heavy atom.